The largest absolute Gasteiger partial charge is 0.433 e. The van der Waals surface area contributed by atoms with Crippen molar-refractivity contribution in [3.63, 3.8) is 0 Å². The van der Waals surface area contributed by atoms with Crippen LogP contribution in [0.4, 0.5) is 5.88 Å². The number of H-pyrrole nitrogens is 1. The van der Waals surface area contributed by atoms with Crippen LogP contribution in [-0.4, -0.2) is 20.8 Å². The zero-order valence-corrected chi connectivity index (χ0v) is 8.68. The number of nitro groups is 1. The van der Waals surface area contributed by atoms with E-state index in [4.69, 9.17) is 16.6 Å². The molecule has 0 atom stereocenters. The number of nitrogens with zero attached hydrogens (tertiary/aromatic N) is 3. The molecule has 0 radical (unpaired) electrons. The molecule has 0 saturated carbocycles. The molecule has 0 fully saturated rings. The summed E-state index contributed by atoms with van der Waals surface area (Å²) >= 11 is 4.90. The Labute approximate surface area is 94.2 Å². The van der Waals surface area contributed by atoms with Crippen LogP contribution in [0.2, 0.25) is 0 Å². The summed E-state index contributed by atoms with van der Waals surface area (Å²) in [5, 5.41) is 14.3. The van der Waals surface area contributed by atoms with Gasteiger partial charge in [0, 0.05) is 12.4 Å². The molecule has 7 nitrogen and oxygen atoms in total. The van der Waals surface area contributed by atoms with Gasteiger partial charge in [-0.1, -0.05) is 0 Å². The van der Waals surface area contributed by atoms with Crippen molar-refractivity contribution in [3.05, 3.63) is 45.2 Å². The summed E-state index contributed by atoms with van der Waals surface area (Å²) < 4.78 is 6.71. The number of rotatable bonds is 3. The van der Waals surface area contributed by atoms with Crippen LogP contribution < -0.4 is 0 Å². The highest BCUT2D eigenvalue weighted by atomic mass is 32.1. The average molecular weight is 238 g/mol. The van der Waals surface area contributed by atoms with Gasteiger partial charge in [-0.15, -0.1) is 0 Å². The van der Waals surface area contributed by atoms with Gasteiger partial charge in [-0.05, 0) is 18.3 Å². The molecule has 2 heterocycles. The Morgan fingerprint density at radius 2 is 2.44 bits per heavy atom. The Morgan fingerprint density at radius 3 is 3.00 bits per heavy atom. The van der Waals surface area contributed by atoms with E-state index in [0.29, 0.717) is 4.77 Å². The molecule has 0 unspecified atom stereocenters. The van der Waals surface area contributed by atoms with Gasteiger partial charge in [0.15, 0.2) is 10.5 Å². The van der Waals surface area contributed by atoms with E-state index in [0.717, 1.165) is 0 Å². The predicted octanol–water partition coefficient (Wildman–Crippen LogP) is 1.93. The minimum atomic E-state index is -0.612. The SMILES string of the molecule is O=[N+]([O-])c1ccc(C=Nn2cc[nH]c2=S)o1. The van der Waals surface area contributed by atoms with Crippen LogP contribution in [0.25, 0.3) is 0 Å². The molecule has 0 aromatic carbocycles. The van der Waals surface area contributed by atoms with E-state index >= 15 is 0 Å². The van der Waals surface area contributed by atoms with Gasteiger partial charge in [0.2, 0.25) is 0 Å². The second-order valence-corrected chi connectivity index (χ2v) is 3.17. The minimum Gasteiger partial charge on any atom is -0.400 e. The van der Waals surface area contributed by atoms with E-state index in [-0.39, 0.29) is 11.6 Å². The molecule has 2 aromatic heterocycles. The first-order valence-corrected chi connectivity index (χ1v) is 4.62. The van der Waals surface area contributed by atoms with Crippen molar-refractivity contribution in [1.82, 2.24) is 9.66 Å². The van der Waals surface area contributed by atoms with Crippen LogP contribution in [0.5, 0.6) is 0 Å². The van der Waals surface area contributed by atoms with Gasteiger partial charge in [0.05, 0.1) is 12.3 Å². The molecule has 0 aliphatic carbocycles. The third-order valence-corrected chi connectivity index (χ3v) is 2.04. The zero-order chi connectivity index (χ0) is 11.5. The number of hydrogen-bond donors (Lipinski definition) is 1. The van der Waals surface area contributed by atoms with Gasteiger partial charge < -0.3 is 9.40 Å². The van der Waals surface area contributed by atoms with Gasteiger partial charge in [0.25, 0.3) is 0 Å². The maximum atomic E-state index is 10.3. The number of aromatic amines is 1. The lowest BCUT2D eigenvalue weighted by molar-refractivity contribution is -0.402. The third kappa shape index (κ3) is 2.06. The first kappa shape index (κ1) is 10.3. The molecule has 16 heavy (non-hydrogen) atoms. The van der Waals surface area contributed by atoms with E-state index < -0.39 is 4.92 Å². The normalized spacial score (nSPS) is 11.0. The van der Waals surface area contributed by atoms with Crippen LogP contribution in [0.15, 0.2) is 34.0 Å². The molecule has 0 aliphatic rings. The van der Waals surface area contributed by atoms with Crippen molar-refractivity contribution in [3.8, 4) is 0 Å². The van der Waals surface area contributed by atoms with E-state index in [2.05, 4.69) is 10.1 Å². The maximum absolute atomic E-state index is 10.3. The maximum Gasteiger partial charge on any atom is 0.433 e. The van der Waals surface area contributed by atoms with E-state index in [1.165, 1.54) is 23.0 Å². The Balaban J connectivity index is 2.21. The summed E-state index contributed by atoms with van der Waals surface area (Å²) in [6.45, 7) is 0. The summed E-state index contributed by atoms with van der Waals surface area (Å²) in [6.07, 6.45) is 4.59. The fourth-order valence-corrected chi connectivity index (χ4v) is 1.21. The molecule has 8 heteroatoms. The number of furan rings is 1. The molecule has 0 bridgehead atoms. The molecule has 2 aromatic rings. The Kier molecular flexibility index (Phi) is 2.64. The molecule has 0 amide bonds. The average Bonchev–Trinajstić information content (AvgIpc) is 2.83. The minimum absolute atomic E-state index is 0.287. The highest BCUT2D eigenvalue weighted by Gasteiger charge is 2.10. The fourth-order valence-electron chi connectivity index (χ4n) is 1.03. The summed E-state index contributed by atoms with van der Waals surface area (Å²) in [4.78, 5) is 12.5. The first-order valence-electron chi connectivity index (χ1n) is 4.21. The van der Waals surface area contributed by atoms with Gasteiger partial charge in [-0.25, -0.2) is 4.68 Å². The Hall–Kier alpha value is -2.22. The standard InChI is InChI=1S/C8H6N4O3S/c13-12(14)7-2-1-6(15-7)5-10-11-4-3-9-8(11)16/h1-5H,(H,9,16). The lowest BCUT2D eigenvalue weighted by Crippen LogP contribution is -1.87. The zero-order valence-electron chi connectivity index (χ0n) is 7.86. The topological polar surface area (TPSA) is 89.4 Å². The lowest BCUT2D eigenvalue weighted by atomic mass is 10.5. The van der Waals surface area contributed by atoms with Gasteiger partial charge in [0.1, 0.15) is 4.92 Å². The molecular weight excluding hydrogens is 232 g/mol. The first-order chi connectivity index (χ1) is 7.66. The second kappa shape index (κ2) is 4.11. The van der Waals surface area contributed by atoms with E-state index in [1.54, 1.807) is 12.4 Å². The smallest absolute Gasteiger partial charge is 0.400 e. The van der Waals surface area contributed by atoms with Crippen molar-refractivity contribution >= 4 is 24.3 Å². The monoisotopic (exact) mass is 238 g/mol. The van der Waals surface area contributed by atoms with Gasteiger partial charge in [-0.3, -0.25) is 10.1 Å². The van der Waals surface area contributed by atoms with Gasteiger partial charge in [-0.2, -0.15) is 5.10 Å². The molecular formula is C8H6N4O3S. The van der Waals surface area contributed by atoms with Crippen LogP contribution in [0.3, 0.4) is 0 Å². The number of aromatic nitrogens is 2. The van der Waals surface area contributed by atoms with Crippen molar-refractivity contribution in [2.45, 2.75) is 0 Å². The van der Waals surface area contributed by atoms with E-state index in [9.17, 15) is 10.1 Å². The molecule has 82 valence electrons. The van der Waals surface area contributed by atoms with Crippen LogP contribution >= 0.6 is 12.2 Å². The molecule has 0 spiro atoms. The van der Waals surface area contributed by atoms with Crippen LogP contribution in [-0.2, 0) is 0 Å². The molecule has 1 N–H and O–H groups in total. The quantitative estimate of drug-likeness (QED) is 0.383. The summed E-state index contributed by atoms with van der Waals surface area (Å²) in [5.41, 5.74) is 0. The fraction of sp³-hybridized carbons (Fsp3) is 0. The number of imidazole rings is 1. The summed E-state index contributed by atoms with van der Waals surface area (Å²) in [6, 6.07) is 2.72. The van der Waals surface area contributed by atoms with Crippen LogP contribution in [0.1, 0.15) is 5.76 Å². The highest BCUT2D eigenvalue weighted by molar-refractivity contribution is 7.71. The molecule has 0 aliphatic heterocycles. The summed E-state index contributed by atoms with van der Waals surface area (Å²) in [5.74, 6) is -0.0334. The Bertz CT molecular complexity index is 594. The van der Waals surface area contributed by atoms with Crippen molar-refractivity contribution in [2.24, 2.45) is 5.10 Å². The summed E-state index contributed by atoms with van der Waals surface area (Å²) in [7, 11) is 0. The second-order valence-electron chi connectivity index (χ2n) is 2.79. The van der Waals surface area contributed by atoms with E-state index in [1.807, 2.05) is 0 Å². The predicted molar refractivity (Wildman–Crippen MR) is 58.0 cm³/mol. The third-order valence-electron chi connectivity index (χ3n) is 1.73. The van der Waals surface area contributed by atoms with Crippen LogP contribution in [0, 0.1) is 14.9 Å². The van der Waals surface area contributed by atoms with Crippen molar-refractivity contribution in [1.29, 1.82) is 0 Å². The molecule has 2 rings (SSSR count). The number of nitrogens with one attached hydrogen (secondary N) is 1. The Morgan fingerprint density at radius 1 is 1.62 bits per heavy atom. The number of hydrogen-bond acceptors (Lipinski definition) is 5. The van der Waals surface area contributed by atoms with Crippen molar-refractivity contribution < 1.29 is 9.34 Å². The van der Waals surface area contributed by atoms with Gasteiger partial charge >= 0.3 is 5.88 Å². The lowest BCUT2D eigenvalue weighted by Gasteiger charge is -1.88. The highest BCUT2D eigenvalue weighted by Crippen LogP contribution is 2.13. The molecule has 0 saturated heterocycles. The van der Waals surface area contributed by atoms with Crippen molar-refractivity contribution in [2.75, 3.05) is 0 Å².